The SMILES string of the molecule is CC[C@@H](CO)NC(=O)Cc1ccc(Br)cc1. The van der Waals surface area contributed by atoms with Crippen molar-refractivity contribution in [2.75, 3.05) is 6.61 Å². The molecular formula is C12H16BrNO2. The number of nitrogens with one attached hydrogen (secondary N) is 1. The molecule has 0 fully saturated rings. The third kappa shape index (κ3) is 4.33. The molecule has 1 amide bonds. The predicted molar refractivity (Wildman–Crippen MR) is 67.2 cm³/mol. The van der Waals surface area contributed by atoms with Crippen LogP contribution in [0.3, 0.4) is 0 Å². The molecule has 0 spiro atoms. The maximum Gasteiger partial charge on any atom is 0.224 e. The lowest BCUT2D eigenvalue weighted by Crippen LogP contribution is -2.37. The molecule has 0 aliphatic rings. The first-order chi connectivity index (χ1) is 7.65. The van der Waals surface area contributed by atoms with E-state index in [1.165, 1.54) is 0 Å². The maximum absolute atomic E-state index is 11.6. The molecule has 0 unspecified atom stereocenters. The summed E-state index contributed by atoms with van der Waals surface area (Å²) in [5.41, 5.74) is 0.966. The zero-order valence-electron chi connectivity index (χ0n) is 9.24. The van der Waals surface area contributed by atoms with Crippen LogP contribution in [0.5, 0.6) is 0 Å². The van der Waals surface area contributed by atoms with Gasteiger partial charge in [0, 0.05) is 4.47 Å². The monoisotopic (exact) mass is 285 g/mol. The summed E-state index contributed by atoms with van der Waals surface area (Å²) in [5, 5.41) is 11.7. The highest BCUT2D eigenvalue weighted by Gasteiger charge is 2.09. The van der Waals surface area contributed by atoms with Crippen molar-refractivity contribution in [2.24, 2.45) is 0 Å². The molecule has 88 valence electrons. The number of carbonyl (C=O) groups excluding carboxylic acids is 1. The molecule has 1 aromatic carbocycles. The zero-order valence-corrected chi connectivity index (χ0v) is 10.8. The Morgan fingerprint density at radius 2 is 2.06 bits per heavy atom. The summed E-state index contributed by atoms with van der Waals surface area (Å²) in [6.07, 6.45) is 1.09. The van der Waals surface area contributed by atoms with Crippen molar-refractivity contribution in [2.45, 2.75) is 25.8 Å². The molecule has 4 heteroatoms. The third-order valence-electron chi connectivity index (χ3n) is 2.36. The lowest BCUT2D eigenvalue weighted by molar-refractivity contribution is -0.121. The van der Waals surface area contributed by atoms with Gasteiger partial charge in [0.25, 0.3) is 0 Å². The van der Waals surface area contributed by atoms with E-state index in [2.05, 4.69) is 21.2 Å². The Hall–Kier alpha value is -0.870. The van der Waals surface area contributed by atoms with Gasteiger partial charge in [0.15, 0.2) is 0 Å². The molecule has 0 aromatic heterocycles. The fourth-order valence-corrected chi connectivity index (χ4v) is 1.61. The molecule has 1 atom stereocenters. The quantitative estimate of drug-likeness (QED) is 0.868. The van der Waals surface area contributed by atoms with E-state index in [1.54, 1.807) is 0 Å². The summed E-state index contributed by atoms with van der Waals surface area (Å²) in [5.74, 6) is -0.0526. The predicted octanol–water partition coefficient (Wildman–Crippen LogP) is 1.88. The van der Waals surface area contributed by atoms with Crippen LogP contribution in [0.4, 0.5) is 0 Å². The van der Waals surface area contributed by atoms with Gasteiger partial charge in [-0.1, -0.05) is 35.0 Å². The molecule has 0 radical (unpaired) electrons. The highest BCUT2D eigenvalue weighted by Crippen LogP contribution is 2.10. The van der Waals surface area contributed by atoms with E-state index in [-0.39, 0.29) is 18.6 Å². The summed E-state index contributed by atoms with van der Waals surface area (Å²) in [7, 11) is 0. The van der Waals surface area contributed by atoms with Gasteiger partial charge < -0.3 is 10.4 Å². The van der Waals surface area contributed by atoms with E-state index in [1.807, 2.05) is 31.2 Å². The second-order valence-corrected chi connectivity index (χ2v) is 4.57. The van der Waals surface area contributed by atoms with Crippen LogP contribution in [0.15, 0.2) is 28.7 Å². The number of rotatable bonds is 5. The first-order valence-electron chi connectivity index (χ1n) is 5.30. The number of halogens is 1. The Bertz CT molecular complexity index is 333. The van der Waals surface area contributed by atoms with Gasteiger partial charge in [-0.15, -0.1) is 0 Å². The minimum Gasteiger partial charge on any atom is -0.394 e. The van der Waals surface area contributed by atoms with Crippen LogP contribution in [-0.2, 0) is 11.2 Å². The molecule has 0 aliphatic carbocycles. The van der Waals surface area contributed by atoms with E-state index < -0.39 is 0 Å². The number of benzene rings is 1. The maximum atomic E-state index is 11.6. The van der Waals surface area contributed by atoms with Crippen LogP contribution in [-0.4, -0.2) is 23.7 Å². The lowest BCUT2D eigenvalue weighted by atomic mass is 10.1. The van der Waals surface area contributed by atoms with Crippen molar-refractivity contribution in [1.82, 2.24) is 5.32 Å². The van der Waals surface area contributed by atoms with E-state index in [0.717, 1.165) is 16.5 Å². The molecule has 1 aromatic rings. The number of aliphatic hydroxyl groups excluding tert-OH is 1. The van der Waals surface area contributed by atoms with Crippen LogP contribution < -0.4 is 5.32 Å². The minimum absolute atomic E-state index is 0.0113. The second-order valence-electron chi connectivity index (χ2n) is 3.66. The summed E-state index contributed by atoms with van der Waals surface area (Å²) in [4.78, 5) is 11.6. The number of carbonyl (C=O) groups is 1. The summed E-state index contributed by atoms with van der Waals surface area (Å²) < 4.78 is 0.999. The Labute approximate surface area is 104 Å². The number of hydrogen-bond donors (Lipinski definition) is 2. The average molecular weight is 286 g/mol. The number of hydrogen-bond acceptors (Lipinski definition) is 2. The van der Waals surface area contributed by atoms with Crippen molar-refractivity contribution in [3.8, 4) is 0 Å². The third-order valence-corrected chi connectivity index (χ3v) is 2.88. The van der Waals surface area contributed by atoms with Crippen molar-refractivity contribution < 1.29 is 9.90 Å². The van der Waals surface area contributed by atoms with Gasteiger partial charge >= 0.3 is 0 Å². The van der Waals surface area contributed by atoms with Crippen LogP contribution >= 0.6 is 15.9 Å². The van der Waals surface area contributed by atoms with E-state index in [9.17, 15) is 4.79 Å². The van der Waals surface area contributed by atoms with E-state index >= 15 is 0 Å². The summed E-state index contributed by atoms with van der Waals surface area (Å²) in [6, 6.07) is 7.49. The largest absolute Gasteiger partial charge is 0.394 e. The molecule has 0 saturated carbocycles. The second kappa shape index (κ2) is 6.66. The van der Waals surface area contributed by atoms with Gasteiger partial charge in [-0.05, 0) is 24.1 Å². The fraction of sp³-hybridized carbons (Fsp3) is 0.417. The molecule has 1 rings (SSSR count). The van der Waals surface area contributed by atoms with Crippen molar-refractivity contribution >= 4 is 21.8 Å². The van der Waals surface area contributed by atoms with E-state index in [0.29, 0.717) is 6.42 Å². The first-order valence-corrected chi connectivity index (χ1v) is 6.09. The molecule has 16 heavy (non-hydrogen) atoms. The van der Waals surface area contributed by atoms with Gasteiger partial charge in [-0.3, -0.25) is 4.79 Å². The van der Waals surface area contributed by atoms with Gasteiger partial charge in [-0.25, -0.2) is 0 Å². The van der Waals surface area contributed by atoms with Crippen molar-refractivity contribution in [3.63, 3.8) is 0 Å². The summed E-state index contributed by atoms with van der Waals surface area (Å²) in [6.45, 7) is 1.92. The topological polar surface area (TPSA) is 49.3 Å². The van der Waals surface area contributed by atoms with Gasteiger partial charge in [0.05, 0.1) is 19.1 Å². The highest BCUT2D eigenvalue weighted by atomic mass is 79.9. The average Bonchev–Trinajstić information content (AvgIpc) is 2.29. The Kier molecular flexibility index (Phi) is 5.49. The number of aliphatic hydroxyl groups is 1. The fourth-order valence-electron chi connectivity index (χ4n) is 1.34. The van der Waals surface area contributed by atoms with Crippen LogP contribution in [0.25, 0.3) is 0 Å². The van der Waals surface area contributed by atoms with Crippen LogP contribution in [0.2, 0.25) is 0 Å². The Morgan fingerprint density at radius 1 is 1.44 bits per heavy atom. The van der Waals surface area contributed by atoms with Crippen molar-refractivity contribution in [1.29, 1.82) is 0 Å². The number of amides is 1. The Morgan fingerprint density at radius 3 is 2.56 bits per heavy atom. The van der Waals surface area contributed by atoms with Crippen LogP contribution in [0, 0.1) is 0 Å². The first kappa shape index (κ1) is 13.2. The van der Waals surface area contributed by atoms with E-state index in [4.69, 9.17) is 5.11 Å². The molecule has 3 nitrogen and oxygen atoms in total. The van der Waals surface area contributed by atoms with Crippen LogP contribution in [0.1, 0.15) is 18.9 Å². The molecular weight excluding hydrogens is 270 g/mol. The standard InChI is InChI=1S/C12H16BrNO2/c1-2-11(8-15)14-12(16)7-9-3-5-10(13)6-4-9/h3-6,11,15H,2,7-8H2,1H3,(H,14,16)/t11-/m0/s1. The normalized spacial score (nSPS) is 12.2. The van der Waals surface area contributed by atoms with Gasteiger partial charge in [0.2, 0.25) is 5.91 Å². The molecule has 0 saturated heterocycles. The van der Waals surface area contributed by atoms with Gasteiger partial charge in [0.1, 0.15) is 0 Å². The highest BCUT2D eigenvalue weighted by molar-refractivity contribution is 9.10. The minimum atomic E-state index is -0.136. The smallest absolute Gasteiger partial charge is 0.224 e. The Balaban J connectivity index is 2.48. The molecule has 0 aliphatic heterocycles. The van der Waals surface area contributed by atoms with Crippen molar-refractivity contribution in [3.05, 3.63) is 34.3 Å². The summed E-state index contributed by atoms with van der Waals surface area (Å²) >= 11 is 3.34. The molecule has 2 N–H and O–H groups in total. The molecule has 0 heterocycles. The molecule has 0 bridgehead atoms. The van der Waals surface area contributed by atoms with Gasteiger partial charge in [-0.2, -0.15) is 0 Å². The lowest BCUT2D eigenvalue weighted by Gasteiger charge is -2.13. The zero-order chi connectivity index (χ0) is 12.0.